The minimum Gasteiger partial charge on any atom is -0.369 e. The van der Waals surface area contributed by atoms with E-state index in [1.165, 1.54) is 0 Å². The zero-order valence-corrected chi connectivity index (χ0v) is 13.6. The summed E-state index contributed by atoms with van der Waals surface area (Å²) in [4.78, 5) is 23.8. The molecule has 1 aliphatic heterocycles. The first-order valence-electron chi connectivity index (χ1n) is 7.71. The van der Waals surface area contributed by atoms with E-state index in [1.807, 2.05) is 18.2 Å². The van der Waals surface area contributed by atoms with Crippen molar-refractivity contribution in [2.24, 2.45) is 0 Å². The lowest BCUT2D eigenvalue weighted by Gasteiger charge is -2.25. The van der Waals surface area contributed by atoms with E-state index in [1.54, 1.807) is 0 Å². The molecular formula is C17H24N2O3. The van der Waals surface area contributed by atoms with Gasteiger partial charge in [0.05, 0.1) is 6.61 Å². The lowest BCUT2D eigenvalue weighted by molar-refractivity contribution is -0.136. The Hall–Kier alpha value is -1.88. The van der Waals surface area contributed by atoms with Gasteiger partial charge < -0.3 is 15.4 Å². The van der Waals surface area contributed by atoms with Crippen LogP contribution in [-0.4, -0.2) is 31.1 Å². The molecule has 1 unspecified atom stereocenters. The predicted molar refractivity (Wildman–Crippen MR) is 86.0 cm³/mol. The molecule has 0 radical (unpaired) electrons. The molecule has 120 valence electrons. The number of hydrogen-bond acceptors (Lipinski definition) is 3. The number of amides is 2. The van der Waals surface area contributed by atoms with E-state index in [2.05, 4.69) is 38.3 Å². The van der Waals surface area contributed by atoms with E-state index in [0.29, 0.717) is 11.8 Å². The first kappa shape index (κ1) is 16.5. The largest absolute Gasteiger partial charge is 0.369 e. The summed E-state index contributed by atoms with van der Waals surface area (Å²) in [5, 5.41) is 5.66. The van der Waals surface area contributed by atoms with E-state index < -0.39 is 6.04 Å². The van der Waals surface area contributed by atoms with Gasteiger partial charge in [-0.15, -0.1) is 0 Å². The molecule has 0 aliphatic carbocycles. The van der Waals surface area contributed by atoms with Crippen LogP contribution in [0.5, 0.6) is 0 Å². The molecular weight excluding hydrogens is 280 g/mol. The van der Waals surface area contributed by atoms with Gasteiger partial charge in [-0.1, -0.05) is 45.9 Å². The number of anilines is 1. The third kappa shape index (κ3) is 3.65. The molecule has 2 rings (SSSR count). The van der Waals surface area contributed by atoms with Crippen molar-refractivity contribution >= 4 is 17.5 Å². The second-order valence-corrected chi connectivity index (χ2v) is 6.25. The van der Waals surface area contributed by atoms with E-state index in [-0.39, 0.29) is 25.0 Å². The number of rotatable bonds is 4. The Morgan fingerprint density at radius 1 is 1.23 bits per heavy atom. The van der Waals surface area contributed by atoms with Crippen molar-refractivity contribution in [3.8, 4) is 0 Å². The summed E-state index contributed by atoms with van der Waals surface area (Å²) in [5.74, 6) is 0.105. The summed E-state index contributed by atoms with van der Waals surface area (Å²) in [6.07, 6.45) is 0. The molecule has 1 atom stereocenters. The Kier molecular flexibility index (Phi) is 5.19. The van der Waals surface area contributed by atoms with Crippen LogP contribution in [0.2, 0.25) is 0 Å². The maximum Gasteiger partial charge on any atom is 0.249 e. The third-order valence-electron chi connectivity index (χ3n) is 3.79. The van der Waals surface area contributed by atoms with Crippen LogP contribution in [-0.2, 0) is 14.3 Å². The molecule has 2 amide bonds. The second kappa shape index (κ2) is 6.92. The standard InChI is InChI=1S/C17H24N2O3/c1-10(2)12-6-5-7-13(11(3)4)16(12)19-17(21)14-8-22-9-15(20)18-14/h5-7,10-11,14H,8-9H2,1-4H3,(H,18,20)(H,19,21). The molecule has 1 fully saturated rings. The van der Waals surface area contributed by atoms with E-state index in [9.17, 15) is 9.59 Å². The maximum atomic E-state index is 12.5. The summed E-state index contributed by atoms with van der Waals surface area (Å²) in [7, 11) is 0. The van der Waals surface area contributed by atoms with E-state index in [0.717, 1.165) is 16.8 Å². The monoisotopic (exact) mass is 304 g/mol. The van der Waals surface area contributed by atoms with Crippen LogP contribution < -0.4 is 10.6 Å². The van der Waals surface area contributed by atoms with Crippen LogP contribution >= 0.6 is 0 Å². The number of nitrogens with one attached hydrogen (secondary N) is 2. The smallest absolute Gasteiger partial charge is 0.249 e. The Morgan fingerprint density at radius 2 is 1.82 bits per heavy atom. The van der Waals surface area contributed by atoms with Gasteiger partial charge in [0.1, 0.15) is 12.6 Å². The molecule has 1 heterocycles. The van der Waals surface area contributed by atoms with Crippen molar-refractivity contribution < 1.29 is 14.3 Å². The zero-order valence-electron chi connectivity index (χ0n) is 13.6. The molecule has 0 saturated carbocycles. The Balaban J connectivity index is 2.27. The summed E-state index contributed by atoms with van der Waals surface area (Å²) in [6.45, 7) is 8.62. The summed E-state index contributed by atoms with van der Waals surface area (Å²) < 4.78 is 5.14. The molecule has 0 aromatic heterocycles. The average Bonchev–Trinajstić information content (AvgIpc) is 2.46. The number of carbonyl (C=O) groups excluding carboxylic acids is 2. The highest BCUT2D eigenvalue weighted by Gasteiger charge is 2.27. The highest BCUT2D eigenvalue weighted by Crippen LogP contribution is 2.32. The van der Waals surface area contributed by atoms with Crippen LogP contribution in [0.25, 0.3) is 0 Å². The zero-order chi connectivity index (χ0) is 16.3. The Morgan fingerprint density at radius 3 is 2.32 bits per heavy atom. The van der Waals surface area contributed by atoms with Gasteiger partial charge >= 0.3 is 0 Å². The van der Waals surface area contributed by atoms with Gasteiger partial charge in [0.15, 0.2) is 0 Å². The van der Waals surface area contributed by atoms with E-state index in [4.69, 9.17) is 4.74 Å². The molecule has 1 aliphatic rings. The van der Waals surface area contributed by atoms with Gasteiger partial charge in [0, 0.05) is 5.69 Å². The minimum atomic E-state index is -0.638. The number of benzene rings is 1. The molecule has 1 saturated heterocycles. The van der Waals surface area contributed by atoms with Crippen LogP contribution in [0.1, 0.15) is 50.7 Å². The highest BCUT2D eigenvalue weighted by molar-refractivity contribution is 5.99. The predicted octanol–water partition coefficient (Wildman–Crippen LogP) is 2.39. The summed E-state index contributed by atoms with van der Waals surface area (Å²) >= 11 is 0. The Bertz CT molecular complexity index is 541. The molecule has 2 N–H and O–H groups in total. The average molecular weight is 304 g/mol. The molecule has 5 heteroatoms. The SMILES string of the molecule is CC(C)c1cccc(C(C)C)c1NC(=O)C1COCC(=O)N1. The first-order chi connectivity index (χ1) is 10.4. The van der Waals surface area contributed by atoms with Crippen LogP contribution in [0, 0.1) is 0 Å². The second-order valence-electron chi connectivity index (χ2n) is 6.25. The third-order valence-corrected chi connectivity index (χ3v) is 3.79. The summed E-state index contributed by atoms with van der Waals surface area (Å²) in [5.41, 5.74) is 3.06. The number of ether oxygens (including phenoxy) is 1. The molecule has 0 spiro atoms. The van der Waals surface area contributed by atoms with Gasteiger partial charge in [-0.05, 0) is 23.0 Å². The molecule has 1 aromatic rings. The maximum absolute atomic E-state index is 12.5. The van der Waals surface area contributed by atoms with Crippen molar-refractivity contribution in [2.75, 3.05) is 18.5 Å². The quantitative estimate of drug-likeness (QED) is 0.897. The lowest BCUT2D eigenvalue weighted by Crippen LogP contribution is -2.52. The number of hydrogen-bond donors (Lipinski definition) is 2. The molecule has 0 bridgehead atoms. The Labute approximate surface area is 131 Å². The van der Waals surface area contributed by atoms with Crippen molar-refractivity contribution in [3.05, 3.63) is 29.3 Å². The van der Waals surface area contributed by atoms with Crippen LogP contribution in [0.15, 0.2) is 18.2 Å². The van der Waals surface area contributed by atoms with Crippen molar-refractivity contribution in [1.29, 1.82) is 0 Å². The fourth-order valence-corrected chi connectivity index (χ4v) is 2.59. The fourth-order valence-electron chi connectivity index (χ4n) is 2.59. The van der Waals surface area contributed by atoms with Gasteiger partial charge in [-0.2, -0.15) is 0 Å². The van der Waals surface area contributed by atoms with Crippen LogP contribution in [0.4, 0.5) is 5.69 Å². The molecule has 5 nitrogen and oxygen atoms in total. The number of carbonyl (C=O) groups is 2. The lowest BCUT2D eigenvalue weighted by atomic mass is 9.92. The fraction of sp³-hybridized carbons (Fsp3) is 0.529. The first-order valence-corrected chi connectivity index (χ1v) is 7.71. The van der Waals surface area contributed by atoms with Crippen molar-refractivity contribution in [3.63, 3.8) is 0 Å². The van der Waals surface area contributed by atoms with Crippen LogP contribution in [0.3, 0.4) is 0 Å². The van der Waals surface area contributed by atoms with Gasteiger partial charge in [-0.25, -0.2) is 0 Å². The van der Waals surface area contributed by atoms with E-state index >= 15 is 0 Å². The molecule has 22 heavy (non-hydrogen) atoms. The van der Waals surface area contributed by atoms with Crippen molar-refractivity contribution in [1.82, 2.24) is 5.32 Å². The van der Waals surface area contributed by atoms with Gasteiger partial charge in [-0.3, -0.25) is 9.59 Å². The van der Waals surface area contributed by atoms with Gasteiger partial charge in [0.2, 0.25) is 11.8 Å². The minimum absolute atomic E-state index is 0.0175. The molecule has 1 aromatic carbocycles. The highest BCUT2D eigenvalue weighted by atomic mass is 16.5. The van der Waals surface area contributed by atoms with Crippen molar-refractivity contribution in [2.45, 2.75) is 45.6 Å². The summed E-state index contributed by atoms with van der Waals surface area (Å²) in [6, 6.07) is 5.44. The normalized spacial score (nSPS) is 18.5. The van der Waals surface area contributed by atoms with Gasteiger partial charge in [0.25, 0.3) is 0 Å². The number of morpholine rings is 1. The number of para-hydroxylation sites is 1. The topological polar surface area (TPSA) is 67.4 Å².